The third-order valence-electron chi connectivity index (χ3n) is 6.71. The van der Waals surface area contributed by atoms with Gasteiger partial charge in [0.1, 0.15) is 0 Å². The van der Waals surface area contributed by atoms with Crippen molar-refractivity contribution >= 4 is 34.0 Å². The van der Waals surface area contributed by atoms with E-state index in [0.717, 1.165) is 55.1 Å². The molecule has 8 nitrogen and oxygen atoms in total. The quantitative estimate of drug-likeness (QED) is 0.547. The van der Waals surface area contributed by atoms with E-state index in [-0.39, 0.29) is 22.9 Å². The van der Waals surface area contributed by atoms with E-state index in [1.165, 1.54) is 32.4 Å². The second-order valence-corrected chi connectivity index (χ2v) is 9.46. The number of piperidine rings is 2. The Morgan fingerprint density at radius 3 is 2.44 bits per heavy atom. The molecule has 2 N–H and O–H groups in total. The van der Waals surface area contributed by atoms with Crippen LogP contribution >= 0.6 is 11.8 Å². The maximum atomic E-state index is 13.5. The molecular formula is C23H34N6O2S. The topological polar surface area (TPSA) is 88.9 Å². The van der Waals surface area contributed by atoms with Crippen molar-refractivity contribution in [3.05, 3.63) is 34.7 Å². The fraction of sp³-hybridized carbons (Fsp3) is 0.609. The van der Waals surface area contributed by atoms with Crippen molar-refractivity contribution in [2.24, 2.45) is 10.7 Å². The average Bonchev–Trinajstić information content (AvgIpc) is 3.11. The number of amides is 1. The standard InChI is InChI=1S/C23H34N6O2S/c1-32-22(30)25-21(24)27-16-10-18(11-17-27)29-20-9-4-3-8-19(20)28(23(29)31)15-7-14-26-12-5-2-6-13-26/h3-4,8-9,18H,2,5-7,10-17H2,1H3,(H2,24,25,30). The molecular weight excluding hydrogens is 424 g/mol. The van der Waals surface area contributed by atoms with Gasteiger partial charge >= 0.3 is 10.9 Å². The van der Waals surface area contributed by atoms with Gasteiger partial charge in [0, 0.05) is 25.7 Å². The Morgan fingerprint density at radius 2 is 1.75 bits per heavy atom. The van der Waals surface area contributed by atoms with Crippen LogP contribution in [0.4, 0.5) is 4.79 Å². The second kappa shape index (κ2) is 10.6. The molecule has 4 rings (SSSR count). The molecule has 0 spiro atoms. The molecule has 174 valence electrons. The van der Waals surface area contributed by atoms with Gasteiger partial charge in [-0.15, -0.1) is 0 Å². The first-order chi connectivity index (χ1) is 15.6. The van der Waals surface area contributed by atoms with Gasteiger partial charge in [-0.25, -0.2) is 4.79 Å². The summed E-state index contributed by atoms with van der Waals surface area (Å²) in [7, 11) is 0. The molecule has 9 heteroatoms. The number of para-hydroxylation sites is 2. The predicted molar refractivity (Wildman–Crippen MR) is 131 cm³/mol. The number of benzene rings is 1. The third kappa shape index (κ3) is 5.04. The Bertz CT molecular complexity index is 1020. The number of guanidine groups is 1. The summed E-state index contributed by atoms with van der Waals surface area (Å²) in [5, 5.41) is -0.284. The fourth-order valence-electron chi connectivity index (χ4n) is 5.00. The van der Waals surface area contributed by atoms with Gasteiger partial charge in [0.15, 0.2) is 5.96 Å². The summed E-state index contributed by atoms with van der Waals surface area (Å²) in [6.07, 6.45) is 8.20. The van der Waals surface area contributed by atoms with Gasteiger partial charge in [0.05, 0.1) is 11.0 Å². The second-order valence-electron chi connectivity index (χ2n) is 8.71. The monoisotopic (exact) mass is 458 g/mol. The Hall–Kier alpha value is -2.26. The number of carbonyl (C=O) groups excluding carboxylic acids is 1. The van der Waals surface area contributed by atoms with Crippen LogP contribution in [0.1, 0.15) is 44.6 Å². The Labute approximate surface area is 193 Å². The number of hydrogen-bond donors (Lipinski definition) is 1. The minimum absolute atomic E-state index is 0.0856. The molecule has 0 aliphatic carbocycles. The molecule has 2 aliphatic heterocycles. The van der Waals surface area contributed by atoms with Crippen molar-refractivity contribution in [2.75, 3.05) is 39.0 Å². The van der Waals surface area contributed by atoms with E-state index in [4.69, 9.17) is 5.73 Å². The van der Waals surface area contributed by atoms with Crippen LogP contribution in [0.5, 0.6) is 0 Å². The van der Waals surface area contributed by atoms with Gasteiger partial charge in [-0.2, -0.15) is 4.99 Å². The molecule has 2 fully saturated rings. The first kappa shape index (κ1) is 22.9. The van der Waals surface area contributed by atoms with Crippen molar-refractivity contribution in [2.45, 2.75) is 51.1 Å². The summed E-state index contributed by atoms with van der Waals surface area (Å²) in [5.41, 5.74) is 8.13. The number of thioether (sulfide) groups is 1. The van der Waals surface area contributed by atoms with E-state index in [0.29, 0.717) is 13.1 Å². The van der Waals surface area contributed by atoms with E-state index in [1.807, 2.05) is 26.2 Å². The Balaban J connectivity index is 1.47. The first-order valence-corrected chi connectivity index (χ1v) is 12.9. The molecule has 0 unspecified atom stereocenters. The highest BCUT2D eigenvalue weighted by Crippen LogP contribution is 2.26. The lowest BCUT2D eigenvalue weighted by Gasteiger charge is -2.33. The van der Waals surface area contributed by atoms with Crippen molar-refractivity contribution in [1.29, 1.82) is 0 Å². The normalized spacial score (nSPS) is 19.0. The minimum Gasteiger partial charge on any atom is -0.369 e. The zero-order chi connectivity index (χ0) is 22.5. The van der Waals surface area contributed by atoms with E-state index in [9.17, 15) is 9.59 Å². The molecule has 2 saturated heterocycles. The first-order valence-electron chi connectivity index (χ1n) is 11.7. The summed E-state index contributed by atoms with van der Waals surface area (Å²) >= 11 is 1.05. The van der Waals surface area contributed by atoms with Crippen molar-refractivity contribution < 1.29 is 4.79 Å². The van der Waals surface area contributed by atoms with Crippen LogP contribution in [0.15, 0.2) is 34.1 Å². The number of likely N-dealkylation sites (tertiary alicyclic amines) is 2. The van der Waals surface area contributed by atoms with E-state index >= 15 is 0 Å². The van der Waals surface area contributed by atoms with Gasteiger partial charge in [0.2, 0.25) is 0 Å². The Morgan fingerprint density at radius 1 is 1.06 bits per heavy atom. The van der Waals surface area contributed by atoms with Crippen molar-refractivity contribution in [1.82, 2.24) is 18.9 Å². The molecule has 0 saturated carbocycles. The molecule has 0 atom stereocenters. The maximum absolute atomic E-state index is 13.5. The van der Waals surface area contributed by atoms with Crippen LogP contribution < -0.4 is 11.4 Å². The highest BCUT2D eigenvalue weighted by atomic mass is 32.2. The van der Waals surface area contributed by atoms with Crippen LogP contribution in [-0.2, 0) is 6.54 Å². The smallest absolute Gasteiger partial charge is 0.329 e. The fourth-order valence-corrected chi connectivity index (χ4v) is 5.18. The van der Waals surface area contributed by atoms with E-state index < -0.39 is 0 Å². The molecule has 1 aromatic heterocycles. The molecule has 0 bridgehead atoms. The lowest BCUT2D eigenvalue weighted by molar-refractivity contribution is 0.222. The molecule has 1 amide bonds. The minimum atomic E-state index is -0.284. The van der Waals surface area contributed by atoms with Crippen LogP contribution in [0, 0.1) is 0 Å². The van der Waals surface area contributed by atoms with E-state index in [1.54, 1.807) is 6.26 Å². The van der Waals surface area contributed by atoms with E-state index in [2.05, 4.69) is 22.0 Å². The van der Waals surface area contributed by atoms with Crippen LogP contribution in [0.25, 0.3) is 11.0 Å². The van der Waals surface area contributed by atoms with Gasteiger partial charge in [-0.05, 0) is 70.1 Å². The summed E-state index contributed by atoms with van der Waals surface area (Å²) in [6, 6.07) is 8.25. The molecule has 1 aromatic carbocycles. The SMILES string of the molecule is CSC(=O)/N=C(\N)N1CCC(n2c(=O)n(CCCN3CCCCC3)c3ccccc32)CC1. The van der Waals surface area contributed by atoms with Gasteiger partial charge in [0.25, 0.3) is 0 Å². The lowest BCUT2D eigenvalue weighted by atomic mass is 10.0. The number of nitrogens with two attached hydrogens (primary N) is 1. The third-order valence-corrected chi connectivity index (χ3v) is 7.15. The number of carbonyl (C=O) groups is 1. The predicted octanol–water partition coefficient (Wildman–Crippen LogP) is 3.11. The van der Waals surface area contributed by atoms with Crippen LogP contribution in [0.3, 0.4) is 0 Å². The van der Waals surface area contributed by atoms with Crippen LogP contribution in [-0.4, -0.2) is 69.1 Å². The summed E-state index contributed by atoms with van der Waals surface area (Å²) in [4.78, 5) is 33.4. The molecule has 2 aromatic rings. The van der Waals surface area contributed by atoms with Crippen LogP contribution in [0.2, 0.25) is 0 Å². The van der Waals surface area contributed by atoms with Gasteiger partial charge in [-0.1, -0.05) is 30.3 Å². The molecule has 3 heterocycles. The maximum Gasteiger partial charge on any atom is 0.329 e. The lowest BCUT2D eigenvalue weighted by Crippen LogP contribution is -2.44. The molecule has 32 heavy (non-hydrogen) atoms. The summed E-state index contributed by atoms with van der Waals surface area (Å²) in [6.45, 7) is 5.54. The molecule has 2 aliphatic rings. The highest BCUT2D eigenvalue weighted by molar-refractivity contribution is 8.13. The average molecular weight is 459 g/mol. The summed E-state index contributed by atoms with van der Waals surface area (Å²) < 4.78 is 3.94. The molecule has 0 radical (unpaired) electrons. The zero-order valence-corrected chi connectivity index (χ0v) is 19.7. The number of rotatable bonds is 5. The summed E-state index contributed by atoms with van der Waals surface area (Å²) in [5.74, 6) is 0.273. The zero-order valence-electron chi connectivity index (χ0n) is 18.9. The largest absolute Gasteiger partial charge is 0.369 e. The number of aliphatic imine (C=N–C) groups is 1. The number of aromatic nitrogens is 2. The number of fused-ring (bicyclic) bond motifs is 1. The Kier molecular flexibility index (Phi) is 7.57. The number of nitrogens with zero attached hydrogens (tertiary/aromatic N) is 5. The number of aryl methyl sites for hydroxylation is 1. The number of imidazole rings is 1. The van der Waals surface area contributed by atoms with Crippen molar-refractivity contribution in [3.8, 4) is 0 Å². The number of hydrogen-bond acceptors (Lipinski definition) is 4. The highest BCUT2D eigenvalue weighted by Gasteiger charge is 2.26. The van der Waals surface area contributed by atoms with Gasteiger partial charge < -0.3 is 15.5 Å². The van der Waals surface area contributed by atoms with Gasteiger partial charge in [-0.3, -0.25) is 13.9 Å². The van der Waals surface area contributed by atoms with Crippen molar-refractivity contribution in [3.63, 3.8) is 0 Å².